The first kappa shape index (κ1) is 17.2. The van der Waals surface area contributed by atoms with Gasteiger partial charge in [-0.25, -0.2) is 4.39 Å². The number of benzene rings is 1. The molecule has 1 heterocycles. The summed E-state index contributed by atoms with van der Waals surface area (Å²) in [6, 6.07) is 6.60. The molecule has 0 aromatic heterocycles. The first-order valence-electron chi connectivity index (χ1n) is 7.59. The summed E-state index contributed by atoms with van der Waals surface area (Å²) < 4.78 is 49.8. The van der Waals surface area contributed by atoms with Gasteiger partial charge in [-0.05, 0) is 56.5 Å². The van der Waals surface area contributed by atoms with E-state index in [1.807, 2.05) is 6.92 Å². The van der Waals surface area contributed by atoms with E-state index in [1.54, 1.807) is 12.1 Å². The predicted octanol–water partition coefficient (Wildman–Crippen LogP) is 3.23. The van der Waals surface area contributed by atoms with Gasteiger partial charge in [0.05, 0.1) is 6.54 Å². The first-order valence-corrected chi connectivity index (χ1v) is 7.59. The number of likely N-dealkylation sites (tertiary alicyclic amines) is 1. The van der Waals surface area contributed by atoms with Crippen LogP contribution in [0.4, 0.5) is 17.6 Å². The molecule has 0 amide bonds. The van der Waals surface area contributed by atoms with Gasteiger partial charge in [0, 0.05) is 12.6 Å². The molecule has 22 heavy (non-hydrogen) atoms. The van der Waals surface area contributed by atoms with E-state index < -0.39 is 12.7 Å². The second-order valence-electron chi connectivity index (χ2n) is 6.14. The number of hydrogen-bond acceptors (Lipinski definition) is 2. The molecule has 1 aromatic carbocycles. The van der Waals surface area contributed by atoms with Crippen molar-refractivity contribution in [2.45, 2.75) is 32.0 Å². The van der Waals surface area contributed by atoms with Gasteiger partial charge in [-0.3, -0.25) is 4.90 Å². The van der Waals surface area contributed by atoms with E-state index in [9.17, 15) is 17.6 Å². The Hall–Kier alpha value is -1.14. The number of alkyl halides is 3. The van der Waals surface area contributed by atoms with Crippen molar-refractivity contribution in [1.82, 2.24) is 10.2 Å². The van der Waals surface area contributed by atoms with Crippen molar-refractivity contribution in [2.24, 2.45) is 5.92 Å². The van der Waals surface area contributed by atoms with Gasteiger partial charge >= 0.3 is 6.18 Å². The molecule has 2 atom stereocenters. The molecule has 0 bridgehead atoms. The van der Waals surface area contributed by atoms with Crippen LogP contribution in [0.1, 0.15) is 18.9 Å². The highest BCUT2D eigenvalue weighted by atomic mass is 19.4. The van der Waals surface area contributed by atoms with Crippen molar-refractivity contribution >= 4 is 0 Å². The second-order valence-corrected chi connectivity index (χ2v) is 6.14. The summed E-state index contributed by atoms with van der Waals surface area (Å²) in [5.74, 6) is 0.0121. The van der Waals surface area contributed by atoms with Crippen LogP contribution in [0.5, 0.6) is 0 Å². The summed E-state index contributed by atoms with van der Waals surface area (Å²) in [4.78, 5) is 1.47. The van der Waals surface area contributed by atoms with Crippen molar-refractivity contribution < 1.29 is 17.6 Å². The molecule has 6 heteroatoms. The molecule has 1 fully saturated rings. The SMILES string of the molecule is CC(Cc1ccc(F)cc1)NCC1CCN(CC(F)(F)F)C1. The van der Waals surface area contributed by atoms with Crippen molar-refractivity contribution in [1.29, 1.82) is 0 Å². The van der Waals surface area contributed by atoms with E-state index in [2.05, 4.69) is 5.32 Å². The lowest BCUT2D eigenvalue weighted by atomic mass is 10.1. The summed E-state index contributed by atoms with van der Waals surface area (Å²) in [7, 11) is 0. The molecule has 1 aromatic rings. The Bertz CT molecular complexity index is 458. The zero-order valence-electron chi connectivity index (χ0n) is 12.7. The largest absolute Gasteiger partial charge is 0.401 e. The highest BCUT2D eigenvalue weighted by Crippen LogP contribution is 2.22. The molecule has 1 saturated heterocycles. The Morgan fingerprint density at radius 3 is 2.59 bits per heavy atom. The zero-order chi connectivity index (χ0) is 16.2. The van der Waals surface area contributed by atoms with E-state index in [1.165, 1.54) is 17.0 Å². The minimum Gasteiger partial charge on any atom is -0.314 e. The fourth-order valence-electron chi connectivity index (χ4n) is 2.89. The molecular weight excluding hydrogens is 296 g/mol. The standard InChI is InChI=1S/C16H22F4N2/c1-12(8-13-2-4-15(17)5-3-13)21-9-14-6-7-22(10-14)11-16(18,19)20/h2-5,12,14,21H,6-11H2,1H3. The van der Waals surface area contributed by atoms with Gasteiger partial charge in [0.2, 0.25) is 0 Å². The van der Waals surface area contributed by atoms with E-state index in [0.717, 1.165) is 24.9 Å². The van der Waals surface area contributed by atoms with Crippen LogP contribution < -0.4 is 5.32 Å². The summed E-state index contributed by atoms with van der Waals surface area (Å²) in [5, 5.41) is 3.37. The van der Waals surface area contributed by atoms with Crippen molar-refractivity contribution in [3.63, 3.8) is 0 Å². The highest BCUT2D eigenvalue weighted by molar-refractivity contribution is 5.16. The van der Waals surface area contributed by atoms with Gasteiger partial charge in [0.15, 0.2) is 0 Å². The topological polar surface area (TPSA) is 15.3 Å². The number of halogens is 4. The Morgan fingerprint density at radius 2 is 1.95 bits per heavy atom. The van der Waals surface area contributed by atoms with Gasteiger partial charge in [0.25, 0.3) is 0 Å². The van der Waals surface area contributed by atoms with Gasteiger partial charge in [0.1, 0.15) is 5.82 Å². The summed E-state index contributed by atoms with van der Waals surface area (Å²) in [6.07, 6.45) is -2.54. The van der Waals surface area contributed by atoms with E-state index in [0.29, 0.717) is 13.1 Å². The average molecular weight is 318 g/mol. The molecule has 2 rings (SSSR count). The van der Waals surface area contributed by atoms with Gasteiger partial charge < -0.3 is 5.32 Å². The van der Waals surface area contributed by atoms with Crippen LogP contribution in [0, 0.1) is 11.7 Å². The number of rotatable bonds is 6. The van der Waals surface area contributed by atoms with Crippen LogP contribution >= 0.6 is 0 Å². The van der Waals surface area contributed by atoms with Crippen molar-refractivity contribution in [2.75, 3.05) is 26.2 Å². The predicted molar refractivity (Wildman–Crippen MR) is 78.2 cm³/mol. The molecule has 124 valence electrons. The quantitative estimate of drug-likeness (QED) is 0.810. The number of nitrogens with one attached hydrogen (secondary N) is 1. The third-order valence-electron chi connectivity index (χ3n) is 3.98. The first-order chi connectivity index (χ1) is 10.3. The molecule has 0 aliphatic carbocycles. The highest BCUT2D eigenvalue weighted by Gasteiger charge is 2.34. The maximum Gasteiger partial charge on any atom is 0.401 e. The molecule has 2 unspecified atom stereocenters. The minimum absolute atomic E-state index is 0.210. The molecule has 1 aliphatic rings. The van der Waals surface area contributed by atoms with Crippen LogP contribution in [0.15, 0.2) is 24.3 Å². The third-order valence-corrected chi connectivity index (χ3v) is 3.98. The Morgan fingerprint density at radius 1 is 1.27 bits per heavy atom. The number of hydrogen-bond donors (Lipinski definition) is 1. The molecule has 0 saturated carbocycles. The minimum atomic E-state index is -4.11. The van der Waals surface area contributed by atoms with Crippen LogP contribution in [-0.2, 0) is 6.42 Å². The summed E-state index contributed by atoms with van der Waals surface area (Å²) in [5.41, 5.74) is 1.05. The Balaban J connectivity index is 1.69. The summed E-state index contributed by atoms with van der Waals surface area (Å²) in [6.45, 7) is 2.95. The lowest BCUT2D eigenvalue weighted by molar-refractivity contribution is -0.143. The van der Waals surface area contributed by atoms with Crippen LogP contribution in [-0.4, -0.2) is 43.3 Å². The van der Waals surface area contributed by atoms with Crippen molar-refractivity contribution in [3.05, 3.63) is 35.6 Å². The Kier molecular flexibility index (Phi) is 5.81. The van der Waals surface area contributed by atoms with Gasteiger partial charge in [-0.1, -0.05) is 12.1 Å². The fourth-order valence-corrected chi connectivity index (χ4v) is 2.89. The van der Waals surface area contributed by atoms with Gasteiger partial charge in [-0.15, -0.1) is 0 Å². The lowest BCUT2D eigenvalue weighted by Crippen LogP contribution is -2.36. The average Bonchev–Trinajstić information content (AvgIpc) is 2.84. The van der Waals surface area contributed by atoms with E-state index in [-0.39, 0.29) is 17.8 Å². The Labute approximate surface area is 128 Å². The van der Waals surface area contributed by atoms with Crippen LogP contribution in [0.25, 0.3) is 0 Å². The third kappa shape index (κ3) is 5.93. The molecule has 0 radical (unpaired) electrons. The molecular formula is C16H22F4N2. The smallest absolute Gasteiger partial charge is 0.314 e. The monoisotopic (exact) mass is 318 g/mol. The zero-order valence-corrected chi connectivity index (χ0v) is 12.7. The van der Waals surface area contributed by atoms with Gasteiger partial charge in [-0.2, -0.15) is 13.2 Å². The molecule has 1 N–H and O–H groups in total. The maximum atomic E-state index is 12.8. The van der Waals surface area contributed by atoms with E-state index in [4.69, 9.17) is 0 Å². The summed E-state index contributed by atoms with van der Waals surface area (Å²) >= 11 is 0. The van der Waals surface area contributed by atoms with E-state index >= 15 is 0 Å². The fraction of sp³-hybridized carbons (Fsp3) is 0.625. The second kappa shape index (κ2) is 7.42. The van der Waals surface area contributed by atoms with Crippen LogP contribution in [0.3, 0.4) is 0 Å². The lowest BCUT2D eigenvalue weighted by Gasteiger charge is -2.19. The maximum absolute atomic E-state index is 12.8. The molecule has 2 nitrogen and oxygen atoms in total. The van der Waals surface area contributed by atoms with Crippen molar-refractivity contribution in [3.8, 4) is 0 Å². The molecule has 0 spiro atoms. The molecule has 1 aliphatic heterocycles. The van der Waals surface area contributed by atoms with Crippen LogP contribution in [0.2, 0.25) is 0 Å². The number of nitrogens with zero attached hydrogens (tertiary/aromatic N) is 1. The normalized spacial score (nSPS) is 21.2.